The van der Waals surface area contributed by atoms with Crippen molar-refractivity contribution in [3.8, 4) is 16.4 Å². The van der Waals surface area contributed by atoms with Gasteiger partial charge in [-0.3, -0.25) is 4.79 Å². The highest BCUT2D eigenvalue weighted by Gasteiger charge is 2.22. The van der Waals surface area contributed by atoms with Crippen LogP contribution in [0.4, 0.5) is 0 Å². The van der Waals surface area contributed by atoms with E-state index in [1.165, 1.54) is 11.3 Å². The number of nitrogens with one attached hydrogen (secondary N) is 1. The predicted molar refractivity (Wildman–Crippen MR) is 79.5 cm³/mol. The number of methoxy groups -OCH3 is 1. The van der Waals surface area contributed by atoms with Crippen LogP contribution in [-0.2, 0) is 0 Å². The number of amides is 1. The molecular weight excluding hydrogens is 274 g/mol. The van der Waals surface area contributed by atoms with Crippen molar-refractivity contribution in [3.63, 3.8) is 0 Å². The third kappa shape index (κ3) is 1.96. The topological polar surface area (TPSA) is 51.5 Å². The lowest BCUT2D eigenvalue weighted by Crippen LogP contribution is -2.18. The number of fused-ring (bicyclic) bond motifs is 1. The summed E-state index contributed by atoms with van der Waals surface area (Å²) in [5, 5.41) is 5.38. The van der Waals surface area contributed by atoms with Gasteiger partial charge < -0.3 is 14.5 Å². The largest absolute Gasteiger partial charge is 0.497 e. The van der Waals surface area contributed by atoms with Gasteiger partial charge >= 0.3 is 0 Å². The number of thiophene rings is 1. The number of hydrogen-bond donors (Lipinski definition) is 1. The van der Waals surface area contributed by atoms with E-state index in [-0.39, 0.29) is 5.91 Å². The Labute approximate surface area is 120 Å². The highest BCUT2D eigenvalue weighted by molar-refractivity contribution is 7.13. The zero-order valence-corrected chi connectivity index (χ0v) is 11.9. The van der Waals surface area contributed by atoms with Crippen molar-refractivity contribution in [3.05, 3.63) is 41.3 Å². The summed E-state index contributed by atoms with van der Waals surface area (Å²) in [4.78, 5) is 13.1. The van der Waals surface area contributed by atoms with Gasteiger partial charge in [-0.1, -0.05) is 6.07 Å². The molecular formula is C15H13NO3S. The SMILES string of the molecule is CNC(=O)c1c(-c2cccs2)oc2ccc(OC)cc12. The molecule has 0 unspecified atom stereocenters. The second-order valence-electron chi connectivity index (χ2n) is 4.22. The molecule has 102 valence electrons. The molecule has 3 aromatic rings. The number of ether oxygens (including phenoxy) is 1. The first-order valence-corrected chi connectivity index (χ1v) is 6.99. The molecule has 0 radical (unpaired) electrons. The molecule has 5 heteroatoms. The Morgan fingerprint density at radius 2 is 2.20 bits per heavy atom. The molecule has 1 amide bonds. The van der Waals surface area contributed by atoms with E-state index in [0.29, 0.717) is 22.7 Å². The number of hydrogen-bond acceptors (Lipinski definition) is 4. The van der Waals surface area contributed by atoms with Crippen LogP contribution >= 0.6 is 11.3 Å². The van der Waals surface area contributed by atoms with E-state index in [1.807, 2.05) is 35.7 Å². The van der Waals surface area contributed by atoms with Gasteiger partial charge in [-0.25, -0.2) is 0 Å². The van der Waals surface area contributed by atoms with Crippen LogP contribution < -0.4 is 10.1 Å². The first-order chi connectivity index (χ1) is 9.74. The average molecular weight is 287 g/mol. The number of furan rings is 1. The van der Waals surface area contributed by atoms with E-state index >= 15 is 0 Å². The maximum absolute atomic E-state index is 12.2. The van der Waals surface area contributed by atoms with E-state index < -0.39 is 0 Å². The first kappa shape index (κ1) is 12.7. The van der Waals surface area contributed by atoms with Crippen LogP contribution in [0, 0.1) is 0 Å². The van der Waals surface area contributed by atoms with E-state index in [0.717, 1.165) is 10.3 Å². The lowest BCUT2D eigenvalue weighted by Gasteiger charge is -2.01. The normalized spacial score (nSPS) is 10.7. The quantitative estimate of drug-likeness (QED) is 0.801. The van der Waals surface area contributed by atoms with Gasteiger partial charge in [0.25, 0.3) is 5.91 Å². The fourth-order valence-electron chi connectivity index (χ4n) is 2.14. The van der Waals surface area contributed by atoms with Crippen LogP contribution in [0.1, 0.15) is 10.4 Å². The molecule has 4 nitrogen and oxygen atoms in total. The lowest BCUT2D eigenvalue weighted by atomic mass is 10.1. The summed E-state index contributed by atoms with van der Waals surface area (Å²) in [6.07, 6.45) is 0. The summed E-state index contributed by atoms with van der Waals surface area (Å²) in [6.45, 7) is 0. The minimum Gasteiger partial charge on any atom is -0.497 e. The van der Waals surface area contributed by atoms with Gasteiger partial charge in [-0.05, 0) is 29.6 Å². The summed E-state index contributed by atoms with van der Waals surface area (Å²) < 4.78 is 11.1. The van der Waals surface area contributed by atoms with E-state index in [9.17, 15) is 4.79 Å². The van der Waals surface area contributed by atoms with Crippen LogP contribution in [0.25, 0.3) is 21.6 Å². The van der Waals surface area contributed by atoms with Crippen molar-refractivity contribution in [1.82, 2.24) is 5.32 Å². The van der Waals surface area contributed by atoms with Crippen LogP contribution in [-0.4, -0.2) is 20.1 Å². The van der Waals surface area contributed by atoms with Crippen molar-refractivity contribution < 1.29 is 13.9 Å². The summed E-state index contributed by atoms with van der Waals surface area (Å²) in [5.41, 5.74) is 1.22. The van der Waals surface area contributed by atoms with Gasteiger partial charge in [-0.2, -0.15) is 0 Å². The smallest absolute Gasteiger partial charge is 0.255 e. The fraction of sp³-hybridized carbons (Fsp3) is 0.133. The Bertz CT molecular complexity index is 759. The van der Waals surface area contributed by atoms with E-state index in [2.05, 4.69) is 5.32 Å². The average Bonchev–Trinajstić information content (AvgIpc) is 3.12. The van der Waals surface area contributed by atoms with Crippen molar-refractivity contribution in [2.75, 3.05) is 14.2 Å². The van der Waals surface area contributed by atoms with Gasteiger partial charge in [0, 0.05) is 12.4 Å². The maximum Gasteiger partial charge on any atom is 0.255 e. The lowest BCUT2D eigenvalue weighted by molar-refractivity contribution is 0.0965. The molecule has 0 spiro atoms. The minimum atomic E-state index is -0.166. The second-order valence-corrected chi connectivity index (χ2v) is 5.17. The molecule has 2 aromatic heterocycles. The summed E-state index contributed by atoms with van der Waals surface area (Å²) in [7, 11) is 3.21. The molecule has 20 heavy (non-hydrogen) atoms. The van der Waals surface area contributed by atoms with Gasteiger partial charge in [0.2, 0.25) is 0 Å². The van der Waals surface area contributed by atoms with Gasteiger partial charge in [0.15, 0.2) is 5.76 Å². The van der Waals surface area contributed by atoms with Gasteiger partial charge in [0.05, 0.1) is 17.6 Å². The van der Waals surface area contributed by atoms with Crippen LogP contribution in [0.2, 0.25) is 0 Å². The Morgan fingerprint density at radius 3 is 2.85 bits per heavy atom. The molecule has 2 heterocycles. The summed E-state index contributed by atoms with van der Waals surface area (Å²) in [5.74, 6) is 1.13. The summed E-state index contributed by atoms with van der Waals surface area (Å²) >= 11 is 1.54. The highest BCUT2D eigenvalue weighted by Crippen LogP contribution is 2.37. The number of benzene rings is 1. The molecule has 0 saturated carbocycles. The molecule has 1 aromatic carbocycles. The molecule has 0 aliphatic carbocycles. The summed E-state index contributed by atoms with van der Waals surface area (Å²) in [6, 6.07) is 9.32. The van der Waals surface area contributed by atoms with Crippen molar-refractivity contribution >= 4 is 28.2 Å². The van der Waals surface area contributed by atoms with E-state index in [1.54, 1.807) is 14.2 Å². The minimum absolute atomic E-state index is 0.166. The van der Waals surface area contributed by atoms with Crippen LogP contribution in [0.3, 0.4) is 0 Å². The second kappa shape index (κ2) is 5.02. The molecule has 0 aliphatic rings. The Hall–Kier alpha value is -2.27. The number of carbonyl (C=O) groups is 1. The molecule has 0 atom stereocenters. The van der Waals surface area contributed by atoms with E-state index in [4.69, 9.17) is 9.15 Å². The zero-order chi connectivity index (χ0) is 14.1. The third-order valence-electron chi connectivity index (χ3n) is 3.09. The van der Waals surface area contributed by atoms with Crippen molar-refractivity contribution in [2.24, 2.45) is 0 Å². The van der Waals surface area contributed by atoms with Crippen LogP contribution in [0.15, 0.2) is 40.1 Å². The van der Waals surface area contributed by atoms with Gasteiger partial charge in [0.1, 0.15) is 11.3 Å². The van der Waals surface area contributed by atoms with Crippen LogP contribution in [0.5, 0.6) is 5.75 Å². The Morgan fingerprint density at radius 1 is 1.35 bits per heavy atom. The standard InChI is InChI=1S/C15H13NO3S/c1-16-15(17)13-10-8-9(18-2)5-6-11(10)19-14(13)12-4-3-7-20-12/h3-8H,1-2H3,(H,16,17). The molecule has 0 aliphatic heterocycles. The number of rotatable bonds is 3. The maximum atomic E-state index is 12.2. The van der Waals surface area contributed by atoms with Crippen molar-refractivity contribution in [2.45, 2.75) is 0 Å². The molecule has 0 bridgehead atoms. The van der Waals surface area contributed by atoms with Gasteiger partial charge in [-0.15, -0.1) is 11.3 Å². The monoisotopic (exact) mass is 287 g/mol. The number of carbonyl (C=O) groups excluding carboxylic acids is 1. The first-order valence-electron chi connectivity index (χ1n) is 6.11. The Kier molecular flexibility index (Phi) is 3.20. The highest BCUT2D eigenvalue weighted by atomic mass is 32.1. The Balaban J connectivity index is 2.31. The molecule has 1 N–H and O–H groups in total. The molecule has 0 saturated heterocycles. The predicted octanol–water partition coefficient (Wildman–Crippen LogP) is 3.53. The fourth-order valence-corrected chi connectivity index (χ4v) is 2.85. The van der Waals surface area contributed by atoms with Crippen molar-refractivity contribution in [1.29, 1.82) is 0 Å². The zero-order valence-electron chi connectivity index (χ0n) is 11.1. The molecule has 0 fully saturated rings. The third-order valence-corrected chi connectivity index (χ3v) is 3.96. The molecule has 3 rings (SSSR count).